The zero-order valence-corrected chi connectivity index (χ0v) is 22.3. The maximum atomic E-state index is 13.4. The summed E-state index contributed by atoms with van der Waals surface area (Å²) in [4.78, 5) is 19.3. The maximum absolute atomic E-state index is 13.4. The number of anilines is 1. The number of likely N-dealkylation sites (tertiary alicyclic amines) is 1. The average molecular weight is 534 g/mol. The molecule has 2 aromatic carbocycles. The smallest absolute Gasteiger partial charge is 0.337 e. The Morgan fingerprint density at radius 2 is 1.64 bits per heavy atom. The van der Waals surface area contributed by atoms with Crippen molar-refractivity contribution in [2.75, 3.05) is 64.4 Å². The van der Waals surface area contributed by atoms with Crippen LogP contribution in [0.15, 0.2) is 29.2 Å². The SMILES string of the molecule is COC(=O)c1cc(C)c2c(c1)S(=O)(=O)Cc1cc(N3CCN(CCN4CCCC4)CC3)cc(Cl)c1O2. The molecule has 0 aliphatic carbocycles. The summed E-state index contributed by atoms with van der Waals surface area (Å²) in [6, 6.07) is 6.62. The van der Waals surface area contributed by atoms with Crippen molar-refractivity contribution in [3.05, 3.63) is 46.0 Å². The first-order valence-corrected chi connectivity index (χ1v) is 14.4. The van der Waals surface area contributed by atoms with Crippen LogP contribution in [0.25, 0.3) is 0 Å². The Balaban J connectivity index is 1.36. The predicted octanol–water partition coefficient (Wildman–Crippen LogP) is 3.73. The van der Waals surface area contributed by atoms with E-state index in [1.807, 2.05) is 12.1 Å². The number of aryl methyl sites for hydroxylation is 1. The second kappa shape index (κ2) is 10.2. The van der Waals surface area contributed by atoms with Gasteiger partial charge in [-0.05, 0) is 62.7 Å². The molecule has 5 rings (SSSR count). The normalized spacial score (nSPS) is 19.8. The fourth-order valence-electron chi connectivity index (χ4n) is 5.28. The number of carbonyl (C=O) groups excluding carboxylic acids is 1. The van der Waals surface area contributed by atoms with E-state index in [1.54, 1.807) is 13.0 Å². The first-order valence-electron chi connectivity index (χ1n) is 12.4. The molecule has 2 saturated heterocycles. The van der Waals surface area contributed by atoms with Gasteiger partial charge < -0.3 is 19.3 Å². The third kappa shape index (κ3) is 5.07. The van der Waals surface area contributed by atoms with E-state index in [0.717, 1.165) is 45.0 Å². The Labute approximate surface area is 217 Å². The van der Waals surface area contributed by atoms with E-state index in [0.29, 0.717) is 21.9 Å². The van der Waals surface area contributed by atoms with Crippen molar-refractivity contribution in [2.24, 2.45) is 0 Å². The van der Waals surface area contributed by atoms with Crippen molar-refractivity contribution < 1.29 is 22.7 Å². The molecule has 0 amide bonds. The summed E-state index contributed by atoms with van der Waals surface area (Å²) in [5.74, 6) is -0.315. The van der Waals surface area contributed by atoms with Crippen molar-refractivity contribution in [2.45, 2.75) is 30.4 Å². The van der Waals surface area contributed by atoms with Gasteiger partial charge in [-0.1, -0.05) is 11.6 Å². The van der Waals surface area contributed by atoms with Crippen LogP contribution < -0.4 is 9.64 Å². The number of ether oxygens (including phenoxy) is 2. The molecule has 3 aliphatic heterocycles. The van der Waals surface area contributed by atoms with Crippen LogP contribution in [0.5, 0.6) is 11.5 Å². The molecule has 0 unspecified atom stereocenters. The Hall–Kier alpha value is -2.33. The molecule has 0 N–H and O–H groups in total. The highest BCUT2D eigenvalue weighted by molar-refractivity contribution is 7.90. The Morgan fingerprint density at radius 1 is 0.972 bits per heavy atom. The first kappa shape index (κ1) is 25.3. The second-order valence-corrected chi connectivity index (χ2v) is 12.1. The molecule has 2 fully saturated rings. The van der Waals surface area contributed by atoms with Crippen molar-refractivity contribution >= 4 is 33.1 Å². The summed E-state index contributed by atoms with van der Waals surface area (Å²) in [5.41, 5.74) is 2.11. The summed E-state index contributed by atoms with van der Waals surface area (Å²) >= 11 is 6.67. The fraction of sp³-hybridized carbons (Fsp3) is 0.500. The zero-order valence-electron chi connectivity index (χ0n) is 20.8. The van der Waals surface area contributed by atoms with Gasteiger partial charge in [0.1, 0.15) is 16.4 Å². The lowest BCUT2D eigenvalue weighted by atomic mass is 10.1. The zero-order chi connectivity index (χ0) is 25.4. The Kier molecular flexibility index (Phi) is 7.18. The molecule has 3 heterocycles. The molecule has 194 valence electrons. The molecular weight excluding hydrogens is 502 g/mol. The number of hydrogen-bond donors (Lipinski definition) is 0. The molecule has 0 radical (unpaired) electrons. The Bertz CT molecular complexity index is 1270. The molecule has 0 saturated carbocycles. The number of benzene rings is 2. The molecule has 0 bridgehead atoms. The number of rotatable bonds is 5. The number of methoxy groups -OCH3 is 1. The largest absolute Gasteiger partial charge is 0.465 e. The van der Waals surface area contributed by atoms with Crippen LogP contribution in [0.4, 0.5) is 5.69 Å². The lowest BCUT2D eigenvalue weighted by Gasteiger charge is -2.37. The quantitative estimate of drug-likeness (QED) is 0.538. The second-order valence-electron chi connectivity index (χ2n) is 9.77. The maximum Gasteiger partial charge on any atom is 0.337 e. The van der Waals surface area contributed by atoms with Gasteiger partial charge in [-0.15, -0.1) is 0 Å². The average Bonchev–Trinajstić information content (AvgIpc) is 3.34. The fourth-order valence-corrected chi connectivity index (χ4v) is 7.12. The highest BCUT2D eigenvalue weighted by Crippen LogP contribution is 2.45. The van der Waals surface area contributed by atoms with Crippen molar-refractivity contribution in [3.63, 3.8) is 0 Å². The van der Waals surface area contributed by atoms with Crippen LogP contribution >= 0.6 is 11.6 Å². The summed E-state index contributed by atoms with van der Waals surface area (Å²) < 4.78 is 37.7. The van der Waals surface area contributed by atoms with E-state index in [4.69, 9.17) is 21.1 Å². The van der Waals surface area contributed by atoms with Gasteiger partial charge in [-0.25, -0.2) is 13.2 Å². The molecule has 3 aliphatic rings. The van der Waals surface area contributed by atoms with Crippen molar-refractivity contribution in [1.82, 2.24) is 9.80 Å². The van der Waals surface area contributed by atoms with Crippen LogP contribution in [0.2, 0.25) is 5.02 Å². The van der Waals surface area contributed by atoms with Crippen LogP contribution in [0, 0.1) is 6.92 Å². The molecule has 10 heteroatoms. The van der Waals surface area contributed by atoms with Gasteiger partial charge in [-0.2, -0.15) is 0 Å². The van der Waals surface area contributed by atoms with E-state index in [9.17, 15) is 13.2 Å². The Morgan fingerprint density at radius 3 is 2.31 bits per heavy atom. The minimum Gasteiger partial charge on any atom is -0.465 e. The molecule has 0 spiro atoms. The number of nitrogens with zero attached hydrogens (tertiary/aromatic N) is 3. The number of carbonyl (C=O) groups is 1. The van der Waals surface area contributed by atoms with E-state index in [2.05, 4.69) is 14.7 Å². The number of hydrogen-bond acceptors (Lipinski definition) is 8. The third-order valence-electron chi connectivity index (χ3n) is 7.32. The topological polar surface area (TPSA) is 79.4 Å². The van der Waals surface area contributed by atoms with Crippen LogP contribution in [0.1, 0.15) is 34.3 Å². The lowest BCUT2D eigenvalue weighted by Crippen LogP contribution is -2.48. The molecule has 36 heavy (non-hydrogen) atoms. The van der Waals surface area contributed by atoms with Crippen molar-refractivity contribution in [1.29, 1.82) is 0 Å². The summed E-state index contributed by atoms with van der Waals surface area (Å²) in [6.45, 7) is 9.95. The van der Waals surface area contributed by atoms with Crippen LogP contribution in [-0.4, -0.2) is 83.7 Å². The lowest BCUT2D eigenvalue weighted by molar-refractivity contribution is 0.0600. The van der Waals surface area contributed by atoms with Crippen LogP contribution in [0.3, 0.4) is 0 Å². The number of fused-ring (bicyclic) bond motifs is 2. The molecule has 0 aromatic heterocycles. The summed E-state index contributed by atoms with van der Waals surface area (Å²) in [7, 11) is -2.53. The minimum absolute atomic E-state index is 0.0247. The van der Waals surface area contributed by atoms with Gasteiger partial charge in [0.15, 0.2) is 9.84 Å². The number of halogens is 1. The molecular formula is C26H32ClN3O5S. The van der Waals surface area contributed by atoms with Gasteiger partial charge in [0.05, 0.1) is 23.4 Å². The summed E-state index contributed by atoms with van der Waals surface area (Å²) in [6.07, 6.45) is 2.62. The number of esters is 1. The van der Waals surface area contributed by atoms with Gasteiger partial charge in [-0.3, -0.25) is 4.90 Å². The number of sulfone groups is 1. The minimum atomic E-state index is -3.79. The van der Waals surface area contributed by atoms with E-state index in [1.165, 1.54) is 39.1 Å². The van der Waals surface area contributed by atoms with E-state index >= 15 is 0 Å². The van der Waals surface area contributed by atoms with E-state index in [-0.39, 0.29) is 22.0 Å². The molecule has 8 nitrogen and oxygen atoms in total. The van der Waals surface area contributed by atoms with E-state index < -0.39 is 15.8 Å². The standard InChI is InChI=1S/C26H32ClN3O5S/c1-18-13-19(26(31)34-2)15-23-24(18)35-25-20(17-36(23,32)33)14-21(16-22(25)27)30-11-9-29(10-12-30)8-7-28-5-3-4-6-28/h13-16H,3-12,17H2,1-2H3. The summed E-state index contributed by atoms with van der Waals surface area (Å²) in [5, 5.41) is 0.374. The monoisotopic (exact) mass is 533 g/mol. The predicted molar refractivity (Wildman–Crippen MR) is 139 cm³/mol. The first-order chi connectivity index (χ1) is 17.2. The van der Waals surface area contributed by atoms with Crippen LogP contribution in [-0.2, 0) is 20.3 Å². The molecule has 0 atom stereocenters. The highest BCUT2D eigenvalue weighted by atomic mass is 35.5. The van der Waals surface area contributed by atoms with Gasteiger partial charge >= 0.3 is 5.97 Å². The van der Waals surface area contributed by atoms with Gasteiger partial charge in [0.25, 0.3) is 0 Å². The highest BCUT2D eigenvalue weighted by Gasteiger charge is 2.32. The van der Waals surface area contributed by atoms with Gasteiger partial charge in [0, 0.05) is 50.5 Å². The molecule has 2 aromatic rings. The third-order valence-corrected chi connectivity index (χ3v) is 9.27. The van der Waals surface area contributed by atoms with Gasteiger partial charge in [0.2, 0.25) is 0 Å². The number of piperazine rings is 1. The van der Waals surface area contributed by atoms with Crippen molar-refractivity contribution in [3.8, 4) is 11.5 Å².